The zero-order chi connectivity index (χ0) is 11.7. The highest BCUT2D eigenvalue weighted by Gasteiger charge is 2.16. The molecule has 0 aliphatic carbocycles. The lowest BCUT2D eigenvalue weighted by molar-refractivity contribution is 0.0240. The molecule has 0 bridgehead atoms. The number of methoxy groups -OCH3 is 1. The molecule has 0 saturated heterocycles. The number of ether oxygens (including phenoxy) is 2. The second kappa shape index (κ2) is 8.53. The predicted octanol–water partition coefficient (Wildman–Crippen LogP) is 2.28. The first-order chi connectivity index (χ1) is 7.19. The van der Waals surface area contributed by atoms with Gasteiger partial charge in [-0.1, -0.05) is 13.8 Å². The van der Waals surface area contributed by atoms with Crippen LogP contribution >= 0.6 is 0 Å². The summed E-state index contributed by atoms with van der Waals surface area (Å²) in [7, 11) is 1.40. The number of rotatable bonds is 7. The number of carbonyl (C=O) groups is 1. The summed E-state index contributed by atoms with van der Waals surface area (Å²) >= 11 is 0. The summed E-state index contributed by atoms with van der Waals surface area (Å²) in [6.07, 6.45) is 1.74. The summed E-state index contributed by atoms with van der Waals surface area (Å²) in [6, 6.07) is 0. The van der Waals surface area contributed by atoms with Gasteiger partial charge in [0, 0.05) is 13.2 Å². The van der Waals surface area contributed by atoms with E-state index in [0.717, 1.165) is 19.4 Å². The Balaban J connectivity index is 4.05. The highest BCUT2D eigenvalue weighted by molar-refractivity contribution is 5.67. The molecule has 90 valence electrons. The van der Waals surface area contributed by atoms with Crippen molar-refractivity contribution in [2.75, 3.05) is 26.8 Å². The highest BCUT2D eigenvalue weighted by atomic mass is 16.5. The topological polar surface area (TPSA) is 38.8 Å². The van der Waals surface area contributed by atoms with Crippen LogP contribution in [0, 0.1) is 0 Å². The molecule has 0 rings (SSSR count). The average molecular weight is 217 g/mol. The Labute approximate surface area is 92.5 Å². The minimum Gasteiger partial charge on any atom is -0.453 e. The van der Waals surface area contributed by atoms with Crippen LogP contribution in [0.4, 0.5) is 4.79 Å². The molecule has 1 amide bonds. The Morgan fingerprint density at radius 1 is 1.33 bits per heavy atom. The fraction of sp³-hybridized carbons (Fsp3) is 0.909. The number of hydrogen-bond donors (Lipinski definition) is 0. The Kier molecular flexibility index (Phi) is 8.09. The van der Waals surface area contributed by atoms with Crippen LogP contribution in [-0.2, 0) is 9.47 Å². The third kappa shape index (κ3) is 5.62. The van der Waals surface area contributed by atoms with Gasteiger partial charge in [-0.05, 0) is 19.8 Å². The van der Waals surface area contributed by atoms with Gasteiger partial charge in [0.1, 0.15) is 0 Å². The van der Waals surface area contributed by atoms with Crippen molar-refractivity contribution in [3.8, 4) is 0 Å². The summed E-state index contributed by atoms with van der Waals surface area (Å²) < 4.78 is 10.3. The van der Waals surface area contributed by atoms with Crippen molar-refractivity contribution in [1.82, 2.24) is 4.90 Å². The van der Waals surface area contributed by atoms with Crippen LogP contribution in [0.1, 0.15) is 33.6 Å². The van der Waals surface area contributed by atoms with E-state index in [1.807, 2.05) is 6.92 Å². The maximum Gasteiger partial charge on any atom is 0.409 e. The molecule has 1 atom stereocenters. The van der Waals surface area contributed by atoms with E-state index in [2.05, 4.69) is 18.6 Å². The van der Waals surface area contributed by atoms with Crippen LogP contribution < -0.4 is 0 Å². The molecule has 15 heavy (non-hydrogen) atoms. The maximum atomic E-state index is 11.3. The van der Waals surface area contributed by atoms with Gasteiger partial charge in [0.2, 0.25) is 0 Å². The fourth-order valence-electron chi connectivity index (χ4n) is 1.29. The van der Waals surface area contributed by atoms with E-state index in [1.165, 1.54) is 7.11 Å². The van der Waals surface area contributed by atoms with Crippen LogP contribution in [0.3, 0.4) is 0 Å². The van der Waals surface area contributed by atoms with E-state index >= 15 is 0 Å². The smallest absolute Gasteiger partial charge is 0.409 e. The van der Waals surface area contributed by atoms with Crippen LogP contribution in [0.5, 0.6) is 0 Å². The van der Waals surface area contributed by atoms with Gasteiger partial charge < -0.3 is 14.4 Å². The molecule has 0 aromatic heterocycles. The molecule has 0 radical (unpaired) electrons. The van der Waals surface area contributed by atoms with Gasteiger partial charge in [-0.3, -0.25) is 0 Å². The van der Waals surface area contributed by atoms with E-state index in [-0.39, 0.29) is 12.2 Å². The Bertz CT molecular complexity index is 173. The van der Waals surface area contributed by atoms with Crippen LogP contribution in [0.2, 0.25) is 0 Å². The van der Waals surface area contributed by atoms with Crippen LogP contribution in [0.15, 0.2) is 0 Å². The monoisotopic (exact) mass is 217 g/mol. The molecular formula is C11H23NO3. The number of likely N-dealkylation sites (N-methyl/N-ethyl adjacent to an activating group) is 1. The molecule has 4 heteroatoms. The minimum absolute atomic E-state index is 0.115. The fourth-order valence-corrected chi connectivity index (χ4v) is 1.29. The van der Waals surface area contributed by atoms with Crippen molar-refractivity contribution < 1.29 is 14.3 Å². The van der Waals surface area contributed by atoms with E-state index in [1.54, 1.807) is 4.90 Å². The van der Waals surface area contributed by atoms with Crippen molar-refractivity contribution in [1.29, 1.82) is 0 Å². The molecule has 0 heterocycles. The maximum absolute atomic E-state index is 11.3. The van der Waals surface area contributed by atoms with E-state index in [9.17, 15) is 4.79 Å². The third-order valence-corrected chi connectivity index (χ3v) is 2.25. The van der Waals surface area contributed by atoms with Gasteiger partial charge >= 0.3 is 6.09 Å². The van der Waals surface area contributed by atoms with Gasteiger partial charge in [0.15, 0.2) is 0 Å². The SMILES string of the molecule is CCCO[C@@H](CC)CN(CC)C(=O)OC. The van der Waals surface area contributed by atoms with Crippen molar-refractivity contribution in [3.05, 3.63) is 0 Å². The Morgan fingerprint density at radius 3 is 2.40 bits per heavy atom. The average Bonchev–Trinajstić information content (AvgIpc) is 2.28. The Morgan fingerprint density at radius 2 is 2.00 bits per heavy atom. The predicted molar refractivity (Wildman–Crippen MR) is 60.0 cm³/mol. The Hall–Kier alpha value is -0.770. The highest BCUT2D eigenvalue weighted by Crippen LogP contribution is 2.04. The van der Waals surface area contributed by atoms with Crippen molar-refractivity contribution in [2.45, 2.75) is 39.7 Å². The first kappa shape index (κ1) is 14.2. The van der Waals surface area contributed by atoms with Gasteiger partial charge in [-0.2, -0.15) is 0 Å². The molecule has 0 spiro atoms. The minimum atomic E-state index is -0.281. The molecule has 0 saturated carbocycles. The molecular weight excluding hydrogens is 194 g/mol. The first-order valence-electron chi connectivity index (χ1n) is 5.63. The quantitative estimate of drug-likeness (QED) is 0.656. The van der Waals surface area contributed by atoms with Crippen molar-refractivity contribution in [3.63, 3.8) is 0 Å². The van der Waals surface area contributed by atoms with Crippen LogP contribution in [-0.4, -0.2) is 43.9 Å². The molecule has 0 unspecified atom stereocenters. The number of carbonyl (C=O) groups excluding carboxylic acids is 1. The summed E-state index contributed by atoms with van der Waals surface area (Å²) in [5.41, 5.74) is 0. The van der Waals surface area contributed by atoms with Gasteiger partial charge in [0.25, 0.3) is 0 Å². The van der Waals surface area contributed by atoms with E-state index < -0.39 is 0 Å². The van der Waals surface area contributed by atoms with Crippen molar-refractivity contribution in [2.24, 2.45) is 0 Å². The lowest BCUT2D eigenvalue weighted by Gasteiger charge is -2.24. The summed E-state index contributed by atoms with van der Waals surface area (Å²) in [5, 5.41) is 0. The molecule has 0 aliphatic heterocycles. The summed E-state index contributed by atoms with van der Waals surface area (Å²) in [5.74, 6) is 0. The molecule has 0 fully saturated rings. The molecule has 4 nitrogen and oxygen atoms in total. The van der Waals surface area contributed by atoms with E-state index in [0.29, 0.717) is 13.1 Å². The largest absolute Gasteiger partial charge is 0.453 e. The molecule has 0 aromatic carbocycles. The third-order valence-electron chi connectivity index (χ3n) is 2.25. The van der Waals surface area contributed by atoms with Crippen LogP contribution in [0.25, 0.3) is 0 Å². The summed E-state index contributed by atoms with van der Waals surface area (Å²) in [6.45, 7) is 8.08. The first-order valence-corrected chi connectivity index (χ1v) is 5.63. The number of amides is 1. The zero-order valence-corrected chi connectivity index (χ0v) is 10.3. The normalized spacial score (nSPS) is 12.3. The van der Waals surface area contributed by atoms with E-state index in [4.69, 9.17) is 4.74 Å². The zero-order valence-electron chi connectivity index (χ0n) is 10.3. The second-order valence-corrected chi connectivity index (χ2v) is 3.41. The molecule has 0 aromatic rings. The van der Waals surface area contributed by atoms with Gasteiger partial charge in [-0.15, -0.1) is 0 Å². The number of hydrogen-bond acceptors (Lipinski definition) is 3. The van der Waals surface area contributed by atoms with Crippen molar-refractivity contribution >= 4 is 6.09 Å². The summed E-state index contributed by atoms with van der Waals surface area (Å²) in [4.78, 5) is 13.0. The molecule has 0 N–H and O–H groups in total. The van der Waals surface area contributed by atoms with Gasteiger partial charge in [-0.25, -0.2) is 4.79 Å². The van der Waals surface area contributed by atoms with Gasteiger partial charge in [0.05, 0.1) is 19.8 Å². The lowest BCUT2D eigenvalue weighted by atomic mass is 10.2. The second-order valence-electron chi connectivity index (χ2n) is 3.41. The molecule has 0 aliphatic rings. The number of nitrogens with zero attached hydrogens (tertiary/aromatic N) is 1. The lowest BCUT2D eigenvalue weighted by Crippen LogP contribution is -2.38. The standard InChI is InChI=1S/C11H23NO3/c1-5-8-15-10(6-2)9-12(7-3)11(13)14-4/h10H,5-9H2,1-4H3/t10-/m0/s1.